The van der Waals surface area contributed by atoms with Crippen LogP contribution < -0.4 is 10.6 Å². The zero-order valence-corrected chi connectivity index (χ0v) is 11.1. The van der Waals surface area contributed by atoms with Crippen LogP contribution in [0.1, 0.15) is 38.7 Å². The summed E-state index contributed by atoms with van der Waals surface area (Å²) in [5.74, 6) is 1.88. The predicted octanol–water partition coefficient (Wildman–Crippen LogP) is 1.98. The standard InChI is InChI=1S/C13H22N2O2/c1-10-5-6-11(17-10)9-14-8-7-12(16)15-13(2,3)4/h5-6,14H,7-9H2,1-4H3,(H,15,16). The molecule has 1 aromatic heterocycles. The second-order valence-corrected chi connectivity index (χ2v) is 5.24. The molecule has 0 aliphatic carbocycles. The molecular weight excluding hydrogens is 216 g/mol. The van der Waals surface area contributed by atoms with E-state index in [0.717, 1.165) is 11.5 Å². The van der Waals surface area contributed by atoms with Gasteiger partial charge in [-0.1, -0.05) is 0 Å². The highest BCUT2D eigenvalue weighted by Gasteiger charge is 2.12. The minimum Gasteiger partial charge on any atom is -0.465 e. The molecule has 0 atom stereocenters. The maximum Gasteiger partial charge on any atom is 0.221 e. The van der Waals surface area contributed by atoms with E-state index in [2.05, 4.69) is 10.6 Å². The van der Waals surface area contributed by atoms with E-state index >= 15 is 0 Å². The molecule has 0 spiro atoms. The summed E-state index contributed by atoms with van der Waals surface area (Å²) in [5, 5.41) is 6.10. The smallest absolute Gasteiger partial charge is 0.221 e. The number of aryl methyl sites for hydroxylation is 1. The van der Waals surface area contributed by atoms with Crippen LogP contribution in [0.5, 0.6) is 0 Å². The normalized spacial score (nSPS) is 11.5. The van der Waals surface area contributed by atoms with Gasteiger partial charge in [0.05, 0.1) is 6.54 Å². The molecule has 0 saturated carbocycles. The van der Waals surface area contributed by atoms with Crippen LogP contribution in [0.4, 0.5) is 0 Å². The van der Waals surface area contributed by atoms with Crippen molar-refractivity contribution in [3.05, 3.63) is 23.7 Å². The highest BCUT2D eigenvalue weighted by atomic mass is 16.3. The highest BCUT2D eigenvalue weighted by molar-refractivity contribution is 5.76. The van der Waals surface area contributed by atoms with Crippen LogP contribution in [0, 0.1) is 6.92 Å². The van der Waals surface area contributed by atoms with Crippen molar-refractivity contribution >= 4 is 5.91 Å². The van der Waals surface area contributed by atoms with Gasteiger partial charge >= 0.3 is 0 Å². The summed E-state index contributed by atoms with van der Waals surface area (Å²) in [7, 11) is 0. The SMILES string of the molecule is Cc1ccc(CNCCC(=O)NC(C)(C)C)o1. The van der Waals surface area contributed by atoms with Gasteiger partial charge in [-0.25, -0.2) is 0 Å². The molecule has 0 saturated heterocycles. The van der Waals surface area contributed by atoms with Crippen molar-refractivity contribution in [2.45, 2.75) is 46.2 Å². The molecule has 0 aliphatic rings. The van der Waals surface area contributed by atoms with Gasteiger partial charge in [-0.2, -0.15) is 0 Å². The lowest BCUT2D eigenvalue weighted by atomic mass is 10.1. The molecule has 0 aliphatic heterocycles. The van der Waals surface area contributed by atoms with Gasteiger partial charge in [-0.05, 0) is 39.8 Å². The first-order valence-electron chi connectivity index (χ1n) is 5.94. The van der Waals surface area contributed by atoms with Gasteiger partial charge in [0.15, 0.2) is 0 Å². The van der Waals surface area contributed by atoms with Gasteiger partial charge in [0.2, 0.25) is 5.91 Å². The zero-order valence-electron chi connectivity index (χ0n) is 11.1. The van der Waals surface area contributed by atoms with E-state index in [-0.39, 0.29) is 11.4 Å². The van der Waals surface area contributed by atoms with Crippen LogP contribution in [0.15, 0.2) is 16.5 Å². The molecule has 4 nitrogen and oxygen atoms in total. The van der Waals surface area contributed by atoms with Crippen LogP contribution in [0.2, 0.25) is 0 Å². The van der Waals surface area contributed by atoms with Crippen LogP contribution in [-0.4, -0.2) is 18.0 Å². The quantitative estimate of drug-likeness (QED) is 0.771. The number of carbonyl (C=O) groups is 1. The molecule has 0 fully saturated rings. The average Bonchev–Trinajstić information content (AvgIpc) is 2.56. The third kappa shape index (κ3) is 6.12. The number of hydrogen-bond acceptors (Lipinski definition) is 3. The van der Waals surface area contributed by atoms with Crippen molar-refractivity contribution < 1.29 is 9.21 Å². The number of hydrogen-bond donors (Lipinski definition) is 2. The fraction of sp³-hybridized carbons (Fsp3) is 0.615. The molecule has 96 valence electrons. The number of rotatable bonds is 5. The summed E-state index contributed by atoms with van der Waals surface area (Å²) in [5.41, 5.74) is -0.158. The molecule has 1 heterocycles. The highest BCUT2D eigenvalue weighted by Crippen LogP contribution is 2.05. The third-order valence-corrected chi connectivity index (χ3v) is 2.14. The van der Waals surface area contributed by atoms with Crippen LogP contribution in [0.3, 0.4) is 0 Å². The van der Waals surface area contributed by atoms with Gasteiger partial charge in [0, 0.05) is 18.5 Å². The van der Waals surface area contributed by atoms with Crippen LogP contribution >= 0.6 is 0 Å². The molecule has 0 bridgehead atoms. The van der Waals surface area contributed by atoms with E-state index in [1.165, 1.54) is 0 Å². The van der Waals surface area contributed by atoms with Crippen molar-refractivity contribution in [1.29, 1.82) is 0 Å². The maximum absolute atomic E-state index is 11.5. The lowest BCUT2D eigenvalue weighted by Gasteiger charge is -2.20. The van der Waals surface area contributed by atoms with Crippen molar-refractivity contribution in [2.24, 2.45) is 0 Å². The first kappa shape index (κ1) is 13.8. The van der Waals surface area contributed by atoms with Gasteiger partial charge < -0.3 is 15.1 Å². The summed E-state index contributed by atoms with van der Waals surface area (Å²) in [6, 6.07) is 3.88. The summed E-state index contributed by atoms with van der Waals surface area (Å²) >= 11 is 0. The Morgan fingerprint density at radius 2 is 2.06 bits per heavy atom. The van der Waals surface area contributed by atoms with E-state index in [9.17, 15) is 4.79 Å². The molecule has 1 amide bonds. The monoisotopic (exact) mass is 238 g/mol. The second kappa shape index (κ2) is 5.87. The largest absolute Gasteiger partial charge is 0.465 e. The average molecular weight is 238 g/mol. The first-order valence-corrected chi connectivity index (χ1v) is 5.94. The Balaban J connectivity index is 2.14. The topological polar surface area (TPSA) is 54.3 Å². The number of nitrogens with one attached hydrogen (secondary N) is 2. The lowest BCUT2D eigenvalue weighted by molar-refractivity contribution is -0.122. The first-order chi connectivity index (χ1) is 7.87. The minimum absolute atomic E-state index is 0.0700. The molecule has 17 heavy (non-hydrogen) atoms. The van der Waals surface area contributed by atoms with E-state index in [4.69, 9.17) is 4.42 Å². The van der Waals surface area contributed by atoms with Gasteiger partial charge in [-0.15, -0.1) is 0 Å². The summed E-state index contributed by atoms with van der Waals surface area (Å²) < 4.78 is 5.41. The van der Waals surface area contributed by atoms with Gasteiger partial charge in [0.1, 0.15) is 11.5 Å². The van der Waals surface area contributed by atoms with Crippen molar-refractivity contribution in [3.63, 3.8) is 0 Å². The molecule has 4 heteroatoms. The molecule has 1 rings (SSSR count). The summed E-state index contributed by atoms with van der Waals surface area (Å²) in [6.45, 7) is 9.16. The molecular formula is C13H22N2O2. The van der Waals surface area contributed by atoms with Crippen molar-refractivity contribution in [3.8, 4) is 0 Å². The number of carbonyl (C=O) groups excluding carboxylic acids is 1. The summed E-state index contributed by atoms with van der Waals surface area (Å²) in [6.07, 6.45) is 0.483. The molecule has 2 N–H and O–H groups in total. The Bertz CT molecular complexity index is 364. The lowest BCUT2D eigenvalue weighted by Crippen LogP contribution is -2.41. The predicted molar refractivity (Wildman–Crippen MR) is 67.7 cm³/mol. The Labute approximate surface area is 103 Å². The Morgan fingerprint density at radius 1 is 1.35 bits per heavy atom. The molecule has 0 unspecified atom stereocenters. The Morgan fingerprint density at radius 3 is 2.59 bits per heavy atom. The zero-order chi connectivity index (χ0) is 12.9. The van der Waals surface area contributed by atoms with Crippen molar-refractivity contribution in [2.75, 3.05) is 6.54 Å². The Kier molecular flexibility index (Phi) is 4.75. The van der Waals surface area contributed by atoms with Crippen LogP contribution in [-0.2, 0) is 11.3 Å². The van der Waals surface area contributed by atoms with Crippen LogP contribution in [0.25, 0.3) is 0 Å². The summed E-state index contributed by atoms with van der Waals surface area (Å²) in [4.78, 5) is 11.5. The third-order valence-electron chi connectivity index (χ3n) is 2.14. The van der Waals surface area contributed by atoms with Gasteiger partial charge in [0.25, 0.3) is 0 Å². The van der Waals surface area contributed by atoms with Crippen molar-refractivity contribution in [1.82, 2.24) is 10.6 Å². The number of amides is 1. The van der Waals surface area contributed by atoms with E-state index in [0.29, 0.717) is 19.5 Å². The molecule has 0 aromatic carbocycles. The minimum atomic E-state index is -0.158. The maximum atomic E-state index is 11.5. The van der Waals surface area contributed by atoms with E-state index < -0.39 is 0 Å². The Hall–Kier alpha value is -1.29. The van der Waals surface area contributed by atoms with E-state index in [1.54, 1.807) is 0 Å². The van der Waals surface area contributed by atoms with E-state index in [1.807, 2.05) is 39.8 Å². The number of furan rings is 1. The van der Waals surface area contributed by atoms with Gasteiger partial charge in [-0.3, -0.25) is 4.79 Å². The fourth-order valence-corrected chi connectivity index (χ4v) is 1.47. The fourth-order valence-electron chi connectivity index (χ4n) is 1.47. The second-order valence-electron chi connectivity index (χ2n) is 5.24. The molecule has 1 aromatic rings. The molecule has 0 radical (unpaired) electrons.